The summed E-state index contributed by atoms with van der Waals surface area (Å²) in [6.45, 7) is 5.64. The van der Waals surface area contributed by atoms with Crippen molar-refractivity contribution < 1.29 is 63.2 Å². The third-order valence-corrected chi connectivity index (χ3v) is 6.56. The van der Waals surface area contributed by atoms with E-state index in [0.29, 0.717) is 0 Å². The highest BCUT2D eigenvalue weighted by Crippen LogP contribution is 2.25. The molecular formula is C26H46O14S2. The molecule has 0 fully saturated rings. The maximum atomic E-state index is 12.2. The Bertz CT molecular complexity index is 971. The molecule has 0 aromatic rings. The van der Waals surface area contributed by atoms with E-state index in [1.165, 1.54) is 28.1 Å². The lowest BCUT2D eigenvalue weighted by molar-refractivity contribution is -0.160. The molecular weight excluding hydrogens is 600 g/mol. The molecule has 0 aromatic heterocycles. The number of allylic oxidation sites excluding steroid dienone is 2. The first kappa shape index (κ1) is 40.1. The summed E-state index contributed by atoms with van der Waals surface area (Å²) < 4.78 is 91.5. The van der Waals surface area contributed by atoms with Crippen LogP contribution in [-0.2, 0) is 66.6 Å². The van der Waals surface area contributed by atoms with Crippen molar-refractivity contribution in [3.63, 3.8) is 0 Å². The molecule has 0 unspecified atom stereocenters. The maximum Gasteiger partial charge on any atom is 0.303 e. The summed E-state index contributed by atoms with van der Waals surface area (Å²) in [5.74, 6) is -1.23. The normalized spacial score (nSPS) is 17.0. The summed E-state index contributed by atoms with van der Waals surface area (Å²) in [6.07, 6.45) is 1.93. The molecule has 0 rings (SSSR count). The average molecular weight is 647 g/mol. The van der Waals surface area contributed by atoms with Gasteiger partial charge in [0.25, 0.3) is 20.2 Å². The molecule has 0 saturated heterocycles. The van der Waals surface area contributed by atoms with Crippen molar-refractivity contribution in [1.82, 2.24) is 0 Å². The van der Waals surface area contributed by atoms with E-state index >= 15 is 0 Å². The van der Waals surface area contributed by atoms with E-state index in [-0.39, 0.29) is 39.3 Å². The predicted molar refractivity (Wildman–Crippen MR) is 152 cm³/mol. The van der Waals surface area contributed by atoms with Crippen LogP contribution in [0.15, 0.2) is 24.3 Å². The van der Waals surface area contributed by atoms with Gasteiger partial charge in [0, 0.05) is 28.1 Å². The molecule has 246 valence electrons. The van der Waals surface area contributed by atoms with Gasteiger partial charge in [-0.25, -0.2) is 0 Å². The Labute approximate surface area is 249 Å². The van der Waals surface area contributed by atoms with Crippen LogP contribution in [0.4, 0.5) is 0 Å². The fourth-order valence-corrected chi connectivity index (χ4v) is 5.29. The van der Waals surface area contributed by atoms with Crippen molar-refractivity contribution in [2.24, 2.45) is 0 Å². The summed E-state index contributed by atoms with van der Waals surface area (Å²) in [5, 5.41) is 0. The van der Waals surface area contributed by atoms with E-state index in [9.17, 15) is 26.4 Å². The highest BCUT2D eigenvalue weighted by Gasteiger charge is 2.34. The Morgan fingerprint density at radius 2 is 0.929 bits per heavy atom. The van der Waals surface area contributed by atoms with Gasteiger partial charge in [-0.1, -0.05) is 24.3 Å². The number of hydrogen-bond acceptors (Lipinski definition) is 14. The molecule has 6 atom stereocenters. The fourth-order valence-electron chi connectivity index (χ4n) is 3.95. The van der Waals surface area contributed by atoms with Gasteiger partial charge in [0.1, 0.15) is 50.2 Å². The second-order valence-corrected chi connectivity index (χ2v) is 12.5. The lowest BCUT2D eigenvalue weighted by Gasteiger charge is -2.30. The van der Waals surface area contributed by atoms with Crippen LogP contribution in [0.25, 0.3) is 0 Å². The lowest BCUT2D eigenvalue weighted by Crippen LogP contribution is -2.40. The summed E-state index contributed by atoms with van der Waals surface area (Å²) in [4.78, 5) is 23.7. The van der Waals surface area contributed by atoms with Gasteiger partial charge < -0.3 is 28.4 Å². The van der Waals surface area contributed by atoms with Crippen LogP contribution in [-0.4, -0.2) is 106 Å². The van der Waals surface area contributed by atoms with E-state index in [4.69, 9.17) is 36.8 Å². The monoisotopic (exact) mass is 646 g/mol. The standard InChI is InChI=1S/C26H46O14S2/c1-9-11-21(35-17-33-5)23(37-19(3)27)13-15-25(39-41(7,29)30)26(40-42(8,31)32)16-14-24(38-20(4)28)22(12-10-2)36-18-34-6/h9-12,21-26H,13-18H2,1-8H3/b11-9+,12-10+/t21-,22-,23-,24-,25-,26-/m0/s1. The molecule has 0 bridgehead atoms. The first-order valence-electron chi connectivity index (χ1n) is 13.1. The van der Waals surface area contributed by atoms with Gasteiger partial charge in [-0.2, -0.15) is 16.8 Å². The van der Waals surface area contributed by atoms with Gasteiger partial charge in [-0.05, 0) is 39.5 Å². The molecule has 0 radical (unpaired) electrons. The predicted octanol–water partition coefficient (Wildman–Crippen LogP) is 2.23. The van der Waals surface area contributed by atoms with Gasteiger partial charge in [-0.3, -0.25) is 18.0 Å². The van der Waals surface area contributed by atoms with E-state index in [0.717, 1.165) is 12.5 Å². The number of carbonyl (C=O) groups is 2. The molecule has 16 heteroatoms. The summed E-state index contributed by atoms with van der Waals surface area (Å²) >= 11 is 0. The minimum Gasteiger partial charge on any atom is -0.459 e. The quantitative estimate of drug-likeness (QED) is 0.0683. The molecule has 0 saturated carbocycles. The van der Waals surface area contributed by atoms with Crippen molar-refractivity contribution in [2.45, 2.75) is 90.0 Å². The number of methoxy groups -OCH3 is 2. The fraction of sp³-hybridized carbons (Fsp3) is 0.769. The molecule has 0 aliphatic rings. The third-order valence-electron chi connectivity index (χ3n) is 5.37. The minimum absolute atomic E-state index is 0.00632. The van der Waals surface area contributed by atoms with Crippen LogP contribution in [0, 0.1) is 0 Å². The number of ether oxygens (including phenoxy) is 6. The van der Waals surface area contributed by atoms with Crippen LogP contribution in [0.3, 0.4) is 0 Å². The number of hydrogen-bond donors (Lipinski definition) is 0. The second-order valence-electron chi connectivity index (χ2n) is 9.26. The van der Waals surface area contributed by atoms with Gasteiger partial charge >= 0.3 is 11.9 Å². The Balaban J connectivity index is 6.35. The zero-order valence-electron chi connectivity index (χ0n) is 25.5. The van der Waals surface area contributed by atoms with Crippen LogP contribution in [0.5, 0.6) is 0 Å². The molecule has 14 nitrogen and oxygen atoms in total. The SMILES string of the molecule is C/C=C/[C@H](OCOC)[C@H](CC[C@H](OS(C)(=O)=O)[C@H](CC[C@H](OC(C)=O)[C@H](/C=C/C)OCOC)OS(C)(=O)=O)OC(C)=O. The van der Waals surface area contributed by atoms with Crippen molar-refractivity contribution in [2.75, 3.05) is 40.3 Å². The van der Waals surface area contributed by atoms with Crippen LogP contribution >= 0.6 is 0 Å². The van der Waals surface area contributed by atoms with E-state index in [2.05, 4.69) is 0 Å². The molecule has 0 spiro atoms. The van der Waals surface area contributed by atoms with Crippen molar-refractivity contribution >= 4 is 32.2 Å². The largest absolute Gasteiger partial charge is 0.459 e. The van der Waals surface area contributed by atoms with Crippen LogP contribution < -0.4 is 0 Å². The topological polar surface area (TPSA) is 176 Å². The van der Waals surface area contributed by atoms with Crippen molar-refractivity contribution in [1.29, 1.82) is 0 Å². The minimum atomic E-state index is -4.12. The summed E-state index contributed by atoms with van der Waals surface area (Å²) in [6, 6.07) is 0. The smallest absolute Gasteiger partial charge is 0.303 e. The first-order valence-corrected chi connectivity index (χ1v) is 16.8. The molecule has 42 heavy (non-hydrogen) atoms. The molecule has 0 heterocycles. The first-order chi connectivity index (χ1) is 19.6. The van der Waals surface area contributed by atoms with Crippen molar-refractivity contribution in [3.8, 4) is 0 Å². The number of esters is 2. The van der Waals surface area contributed by atoms with Crippen LogP contribution in [0.1, 0.15) is 53.4 Å². The number of rotatable bonds is 23. The van der Waals surface area contributed by atoms with Gasteiger partial charge in [0.2, 0.25) is 0 Å². The van der Waals surface area contributed by atoms with Gasteiger partial charge in [0.15, 0.2) is 0 Å². The number of carbonyl (C=O) groups excluding carboxylic acids is 2. The zero-order valence-corrected chi connectivity index (χ0v) is 27.2. The van der Waals surface area contributed by atoms with E-state index in [1.54, 1.807) is 38.2 Å². The maximum absolute atomic E-state index is 12.2. The van der Waals surface area contributed by atoms with Crippen LogP contribution in [0.2, 0.25) is 0 Å². The van der Waals surface area contributed by atoms with Gasteiger partial charge in [-0.15, -0.1) is 0 Å². The molecule has 0 aliphatic carbocycles. The van der Waals surface area contributed by atoms with E-state index in [1.807, 2.05) is 0 Å². The lowest BCUT2D eigenvalue weighted by atomic mass is 9.97. The zero-order chi connectivity index (χ0) is 32.3. The second kappa shape index (κ2) is 20.9. The molecule has 0 aliphatic heterocycles. The Kier molecular flexibility index (Phi) is 19.9. The molecule has 0 N–H and O–H groups in total. The Hall–Kier alpha value is -1.92. The Morgan fingerprint density at radius 3 is 1.17 bits per heavy atom. The highest BCUT2D eigenvalue weighted by molar-refractivity contribution is 7.86. The highest BCUT2D eigenvalue weighted by atomic mass is 32.2. The summed E-state index contributed by atoms with van der Waals surface area (Å²) in [7, 11) is -5.40. The average Bonchev–Trinajstić information content (AvgIpc) is 2.86. The molecule has 0 amide bonds. The summed E-state index contributed by atoms with van der Waals surface area (Å²) in [5.41, 5.74) is 0. The van der Waals surface area contributed by atoms with Crippen molar-refractivity contribution in [3.05, 3.63) is 24.3 Å². The molecule has 0 aromatic carbocycles. The van der Waals surface area contributed by atoms with E-state index < -0.39 is 68.8 Å². The third kappa shape index (κ3) is 19.3. The Morgan fingerprint density at radius 1 is 0.619 bits per heavy atom. The van der Waals surface area contributed by atoms with Gasteiger partial charge in [0.05, 0.1) is 12.5 Å².